The Labute approximate surface area is 112 Å². The van der Waals surface area contributed by atoms with E-state index in [9.17, 15) is 0 Å². The molecule has 4 rings (SSSR count). The molecule has 0 bridgehead atoms. The SMILES string of the molecule is CC1CC1c1nnc2n1CCNC2c1ccccc1. The average molecular weight is 254 g/mol. The third-order valence-electron chi connectivity index (χ3n) is 4.32. The van der Waals surface area contributed by atoms with Crippen LogP contribution in [0.3, 0.4) is 0 Å². The van der Waals surface area contributed by atoms with Crippen molar-refractivity contribution >= 4 is 0 Å². The molecule has 1 aromatic heterocycles. The van der Waals surface area contributed by atoms with Crippen molar-refractivity contribution in [3.63, 3.8) is 0 Å². The largest absolute Gasteiger partial charge is 0.312 e. The molecule has 1 aromatic carbocycles. The summed E-state index contributed by atoms with van der Waals surface area (Å²) in [5.41, 5.74) is 1.27. The highest BCUT2D eigenvalue weighted by molar-refractivity contribution is 5.27. The van der Waals surface area contributed by atoms with E-state index in [4.69, 9.17) is 0 Å². The summed E-state index contributed by atoms with van der Waals surface area (Å²) in [6.45, 7) is 4.27. The molecule has 2 heterocycles. The van der Waals surface area contributed by atoms with Crippen LogP contribution in [0.1, 0.15) is 42.5 Å². The van der Waals surface area contributed by atoms with Crippen LogP contribution >= 0.6 is 0 Å². The van der Waals surface area contributed by atoms with Crippen molar-refractivity contribution in [3.05, 3.63) is 47.5 Å². The fourth-order valence-corrected chi connectivity index (χ4v) is 3.05. The molecule has 2 aromatic rings. The zero-order chi connectivity index (χ0) is 12.8. The second-order valence-electron chi connectivity index (χ2n) is 5.69. The van der Waals surface area contributed by atoms with Gasteiger partial charge in [0, 0.05) is 19.0 Å². The first-order valence-electron chi connectivity index (χ1n) is 7.06. The highest BCUT2D eigenvalue weighted by Gasteiger charge is 2.40. The van der Waals surface area contributed by atoms with Crippen LogP contribution in [0.5, 0.6) is 0 Å². The van der Waals surface area contributed by atoms with Crippen LogP contribution in [-0.4, -0.2) is 21.3 Å². The van der Waals surface area contributed by atoms with Gasteiger partial charge in [0.1, 0.15) is 5.82 Å². The highest BCUT2D eigenvalue weighted by Crippen LogP contribution is 2.46. The quantitative estimate of drug-likeness (QED) is 0.892. The monoisotopic (exact) mass is 254 g/mol. The Morgan fingerprint density at radius 1 is 1.16 bits per heavy atom. The van der Waals surface area contributed by atoms with Crippen molar-refractivity contribution in [2.75, 3.05) is 6.54 Å². The Hall–Kier alpha value is -1.68. The normalized spacial score (nSPS) is 29.0. The zero-order valence-electron chi connectivity index (χ0n) is 11.1. The van der Waals surface area contributed by atoms with Crippen LogP contribution in [-0.2, 0) is 6.54 Å². The molecule has 1 fully saturated rings. The van der Waals surface area contributed by atoms with Crippen LogP contribution < -0.4 is 5.32 Å². The Morgan fingerprint density at radius 3 is 2.63 bits per heavy atom. The Kier molecular flexibility index (Phi) is 2.45. The molecule has 1 aliphatic heterocycles. The molecule has 4 heteroatoms. The predicted octanol–water partition coefficient (Wildman–Crippen LogP) is 2.09. The number of hydrogen-bond donors (Lipinski definition) is 1. The van der Waals surface area contributed by atoms with Crippen LogP contribution in [0.2, 0.25) is 0 Å². The van der Waals surface area contributed by atoms with Gasteiger partial charge in [-0.25, -0.2) is 0 Å². The number of benzene rings is 1. The van der Waals surface area contributed by atoms with Gasteiger partial charge in [-0.2, -0.15) is 0 Å². The van der Waals surface area contributed by atoms with Gasteiger partial charge in [-0.15, -0.1) is 10.2 Å². The van der Waals surface area contributed by atoms with Gasteiger partial charge in [0.15, 0.2) is 5.82 Å². The third-order valence-corrected chi connectivity index (χ3v) is 4.32. The Morgan fingerprint density at radius 2 is 1.89 bits per heavy atom. The molecule has 3 unspecified atom stereocenters. The number of aromatic nitrogens is 3. The number of nitrogens with zero attached hydrogens (tertiary/aromatic N) is 3. The summed E-state index contributed by atoms with van der Waals surface area (Å²) in [5.74, 6) is 3.69. The third kappa shape index (κ3) is 1.78. The fraction of sp³-hybridized carbons (Fsp3) is 0.467. The maximum Gasteiger partial charge on any atom is 0.154 e. The second-order valence-corrected chi connectivity index (χ2v) is 5.69. The summed E-state index contributed by atoms with van der Waals surface area (Å²) in [7, 11) is 0. The maximum atomic E-state index is 4.46. The van der Waals surface area contributed by atoms with Crippen molar-refractivity contribution in [1.29, 1.82) is 0 Å². The van der Waals surface area contributed by atoms with Gasteiger partial charge in [0.2, 0.25) is 0 Å². The number of fused-ring (bicyclic) bond motifs is 1. The molecule has 1 N–H and O–H groups in total. The first kappa shape index (κ1) is 11.2. The molecule has 2 aliphatic rings. The lowest BCUT2D eigenvalue weighted by atomic mass is 10.0. The minimum Gasteiger partial charge on any atom is -0.312 e. The second kappa shape index (κ2) is 4.17. The lowest BCUT2D eigenvalue weighted by Crippen LogP contribution is -2.34. The predicted molar refractivity (Wildman–Crippen MR) is 72.8 cm³/mol. The smallest absolute Gasteiger partial charge is 0.154 e. The van der Waals surface area contributed by atoms with Gasteiger partial charge in [-0.3, -0.25) is 0 Å². The van der Waals surface area contributed by atoms with Gasteiger partial charge < -0.3 is 9.88 Å². The van der Waals surface area contributed by atoms with Crippen LogP contribution in [0.4, 0.5) is 0 Å². The van der Waals surface area contributed by atoms with Crippen molar-refractivity contribution in [2.24, 2.45) is 5.92 Å². The van der Waals surface area contributed by atoms with E-state index in [1.807, 2.05) is 6.07 Å². The zero-order valence-corrected chi connectivity index (χ0v) is 11.1. The van der Waals surface area contributed by atoms with Gasteiger partial charge in [-0.05, 0) is 17.9 Å². The van der Waals surface area contributed by atoms with E-state index in [0.717, 1.165) is 24.8 Å². The summed E-state index contributed by atoms with van der Waals surface area (Å²) in [5, 5.41) is 12.5. The van der Waals surface area contributed by atoms with E-state index >= 15 is 0 Å². The topological polar surface area (TPSA) is 42.7 Å². The van der Waals surface area contributed by atoms with Crippen molar-refractivity contribution < 1.29 is 0 Å². The molecule has 4 nitrogen and oxygen atoms in total. The average Bonchev–Trinajstić information content (AvgIpc) is 3.02. The molecule has 0 radical (unpaired) electrons. The van der Waals surface area contributed by atoms with Gasteiger partial charge in [-0.1, -0.05) is 37.3 Å². The summed E-state index contributed by atoms with van der Waals surface area (Å²) in [6.07, 6.45) is 1.27. The van der Waals surface area contributed by atoms with E-state index in [1.54, 1.807) is 0 Å². The van der Waals surface area contributed by atoms with E-state index in [0.29, 0.717) is 5.92 Å². The molecule has 0 amide bonds. The van der Waals surface area contributed by atoms with Crippen molar-refractivity contribution in [1.82, 2.24) is 20.1 Å². The molecule has 19 heavy (non-hydrogen) atoms. The van der Waals surface area contributed by atoms with E-state index in [1.165, 1.54) is 17.8 Å². The molecule has 1 aliphatic carbocycles. The fourth-order valence-electron chi connectivity index (χ4n) is 3.05. The summed E-state index contributed by atoms with van der Waals surface area (Å²) < 4.78 is 2.34. The number of hydrogen-bond acceptors (Lipinski definition) is 3. The molecular weight excluding hydrogens is 236 g/mol. The minimum atomic E-state index is 0.185. The van der Waals surface area contributed by atoms with Crippen LogP contribution in [0.15, 0.2) is 30.3 Å². The van der Waals surface area contributed by atoms with Crippen molar-refractivity contribution in [3.8, 4) is 0 Å². The minimum absolute atomic E-state index is 0.185. The standard InChI is InChI=1S/C15H18N4/c1-10-9-12(10)14-17-18-15-13(16-7-8-19(14)15)11-5-3-2-4-6-11/h2-6,10,12-13,16H,7-9H2,1H3. The van der Waals surface area contributed by atoms with E-state index < -0.39 is 0 Å². The van der Waals surface area contributed by atoms with Crippen LogP contribution in [0, 0.1) is 5.92 Å². The molecule has 0 spiro atoms. The molecule has 1 saturated carbocycles. The summed E-state index contributed by atoms with van der Waals surface area (Å²) in [6, 6.07) is 10.7. The number of rotatable bonds is 2. The van der Waals surface area contributed by atoms with Gasteiger partial charge >= 0.3 is 0 Å². The highest BCUT2D eigenvalue weighted by atomic mass is 15.3. The Bertz CT molecular complexity index is 589. The van der Waals surface area contributed by atoms with E-state index in [2.05, 4.69) is 51.3 Å². The van der Waals surface area contributed by atoms with Gasteiger partial charge in [0.25, 0.3) is 0 Å². The first-order chi connectivity index (χ1) is 9.34. The first-order valence-corrected chi connectivity index (χ1v) is 7.06. The summed E-state index contributed by atoms with van der Waals surface area (Å²) in [4.78, 5) is 0. The molecule has 0 saturated heterocycles. The van der Waals surface area contributed by atoms with Crippen molar-refractivity contribution in [2.45, 2.75) is 31.8 Å². The lowest BCUT2D eigenvalue weighted by molar-refractivity contribution is 0.446. The maximum absolute atomic E-state index is 4.46. The summed E-state index contributed by atoms with van der Waals surface area (Å²) >= 11 is 0. The number of nitrogens with one attached hydrogen (secondary N) is 1. The lowest BCUT2D eigenvalue weighted by Gasteiger charge is -2.25. The van der Waals surface area contributed by atoms with E-state index in [-0.39, 0.29) is 6.04 Å². The van der Waals surface area contributed by atoms with Gasteiger partial charge in [0.05, 0.1) is 6.04 Å². The molecular formula is C15H18N4. The molecule has 3 atom stereocenters. The Balaban J connectivity index is 1.74. The van der Waals surface area contributed by atoms with Crippen LogP contribution in [0.25, 0.3) is 0 Å². The molecule has 98 valence electrons.